The summed E-state index contributed by atoms with van der Waals surface area (Å²) in [7, 11) is 0. The summed E-state index contributed by atoms with van der Waals surface area (Å²) in [5, 5.41) is 8.90. The van der Waals surface area contributed by atoms with Crippen molar-refractivity contribution in [3.05, 3.63) is 0 Å². The summed E-state index contributed by atoms with van der Waals surface area (Å²) in [6.45, 7) is 2.58. The molecule has 3 N–H and O–H groups in total. The second-order valence-corrected chi connectivity index (χ2v) is 4.38. The number of halogens is 3. The van der Waals surface area contributed by atoms with Crippen molar-refractivity contribution >= 4 is 0 Å². The van der Waals surface area contributed by atoms with Crippen LogP contribution in [0.3, 0.4) is 0 Å². The molecule has 3 atom stereocenters. The predicted molar refractivity (Wildman–Crippen MR) is 50.3 cm³/mol. The molecule has 1 aliphatic heterocycles. The Morgan fingerprint density at radius 3 is 2.53 bits per heavy atom. The number of nitrogens with two attached hydrogens (primary N) is 1. The lowest BCUT2D eigenvalue weighted by molar-refractivity contribution is -0.209. The van der Waals surface area contributed by atoms with Crippen LogP contribution in [0.4, 0.5) is 13.2 Å². The van der Waals surface area contributed by atoms with Gasteiger partial charge in [0.25, 0.3) is 0 Å². The van der Waals surface area contributed by atoms with Gasteiger partial charge >= 0.3 is 6.18 Å². The Bertz CT molecular complexity index is 200. The van der Waals surface area contributed by atoms with E-state index in [-0.39, 0.29) is 18.5 Å². The predicted octanol–water partition coefficient (Wildman–Crippen LogP) is 0.579. The lowest BCUT2D eigenvalue weighted by Gasteiger charge is -2.36. The zero-order chi connectivity index (χ0) is 11.6. The van der Waals surface area contributed by atoms with Crippen LogP contribution in [0.25, 0.3) is 0 Å². The molecular formula is C9H17F3N2O. The molecule has 0 radical (unpaired) electrons. The smallest absolute Gasteiger partial charge is 0.382 e. The first kappa shape index (κ1) is 12.7. The van der Waals surface area contributed by atoms with Crippen molar-refractivity contribution in [2.24, 2.45) is 11.7 Å². The standard InChI is InChI=1S/C9H17F3N2O/c1-6-2-7(13)4-14(3-6)5-8(15)9(10,11)12/h6-8,15H,2-5,13H2,1H3. The average molecular weight is 226 g/mol. The quantitative estimate of drug-likeness (QED) is 0.724. The molecule has 1 fully saturated rings. The molecule has 0 aromatic carbocycles. The lowest BCUT2D eigenvalue weighted by atomic mass is 9.96. The minimum Gasteiger partial charge on any atom is -0.382 e. The number of aliphatic hydroxyl groups is 1. The molecule has 15 heavy (non-hydrogen) atoms. The molecule has 0 aromatic heterocycles. The van der Waals surface area contributed by atoms with Crippen LogP contribution < -0.4 is 5.73 Å². The second-order valence-electron chi connectivity index (χ2n) is 4.38. The zero-order valence-electron chi connectivity index (χ0n) is 8.67. The molecule has 1 saturated heterocycles. The van der Waals surface area contributed by atoms with Gasteiger partial charge in [-0.1, -0.05) is 6.92 Å². The second kappa shape index (κ2) is 4.67. The average Bonchev–Trinajstić information content (AvgIpc) is 1.99. The molecule has 1 rings (SSSR count). The highest BCUT2D eigenvalue weighted by Gasteiger charge is 2.39. The van der Waals surface area contributed by atoms with Crippen molar-refractivity contribution in [1.82, 2.24) is 4.90 Å². The molecule has 0 aliphatic carbocycles. The molecular weight excluding hydrogens is 209 g/mol. The maximum absolute atomic E-state index is 12.1. The van der Waals surface area contributed by atoms with Gasteiger partial charge in [0.2, 0.25) is 0 Å². The van der Waals surface area contributed by atoms with Gasteiger partial charge in [-0.05, 0) is 12.3 Å². The monoisotopic (exact) mass is 226 g/mol. The van der Waals surface area contributed by atoms with Gasteiger partial charge in [0, 0.05) is 25.7 Å². The maximum Gasteiger partial charge on any atom is 0.415 e. The van der Waals surface area contributed by atoms with Crippen LogP contribution in [0.1, 0.15) is 13.3 Å². The van der Waals surface area contributed by atoms with Gasteiger partial charge < -0.3 is 10.8 Å². The van der Waals surface area contributed by atoms with Gasteiger partial charge in [-0.3, -0.25) is 4.90 Å². The summed E-state index contributed by atoms with van der Waals surface area (Å²) in [4.78, 5) is 1.58. The molecule has 0 spiro atoms. The van der Waals surface area contributed by atoms with E-state index in [2.05, 4.69) is 0 Å². The molecule has 6 heteroatoms. The number of β-amino-alcohol motifs (C(OH)–C–C–N with tert-alkyl or cyclic N) is 1. The van der Waals surface area contributed by atoms with E-state index >= 15 is 0 Å². The molecule has 0 amide bonds. The topological polar surface area (TPSA) is 49.5 Å². The first-order valence-corrected chi connectivity index (χ1v) is 5.01. The SMILES string of the molecule is CC1CC(N)CN(CC(O)C(F)(F)F)C1. The van der Waals surface area contributed by atoms with Crippen molar-refractivity contribution in [2.75, 3.05) is 19.6 Å². The third-order valence-electron chi connectivity index (χ3n) is 2.58. The van der Waals surface area contributed by atoms with Crippen molar-refractivity contribution in [2.45, 2.75) is 31.7 Å². The van der Waals surface area contributed by atoms with E-state index in [1.807, 2.05) is 6.92 Å². The number of rotatable bonds is 2. The van der Waals surface area contributed by atoms with Gasteiger partial charge in [0.15, 0.2) is 6.10 Å². The normalized spacial score (nSPS) is 31.6. The van der Waals surface area contributed by atoms with Crippen LogP contribution in [0, 0.1) is 5.92 Å². The third-order valence-corrected chi connectivity index (χ3v) is 2.58. The van der Waals surface area contributed by atoms with Crippen molar-refractivity contribution < 1.29 is 18.3 Å². The van der Waals surface area contributed by atoms with E-state index in [4.69, 9.17) is 10.8 Å². The fourth-order valence-corrected chi connectivity index (χ4v) is 2.01. The number of nitrogens with zero attached hydrogens (tertiary/aromatic N) is 1. The minimum absolute atomic E-state index is 0.0887. The fraction of sp³-hybridized carbons (Fsp3) is 1.00. The van der Waals surface area contributed by atoms with Gasteiger partial charge in [-0.25, -0.2) is 0 Å². The van der Waals surface area contributed by atoms with Gasteiger partial charge in [-0.2, -0.15) is 13.2 Å². The Morgan fingerprint density at radius 1 is 1.47 bits per heavy atom. The van der Waals surface area contributed by atoms with Crippen molar-refractivity contribution in [3.63, 3.8) is 0 Å². The first-order chi connectivity index (χ1) is 6.79. The Balaban J connectivity index is 2.44. The third kappa shape index (κ3) is 3.96. The van der Waals surface area contributed by atoms with Crippen LogP contribution in [-0.2, 0) is 0 Å². The number of hydrogen-bond donors (Lipinski definition) is 2. The van der Waals surface area contributed by atoms with Crippen molar-refractivity contribution in [3.8, 4) is 0 Å². The Kier molecular flexibility index (Phi) is 3.97. The summed E-state index contributed by atoms with van der Waals surface area (Å²) in [6, 6.07) is -0.0887. The van der Waals surface area contributed by atoms with Crippen molar-refractivity contribution in [1.29, 1.82) is 0 Å². The lowest BCUT2D eigenvalue weighted by Crippen LogP contribution is -2.50. The van der Waals surface area contributed by atoms with E-state index in [1.54, 1.807) is 4.90 Å². The molecule has 3 unspecified atom stereocenters. The van der Waals surface area contributed by atoms with Crippen LogP contribution in [0.5, 0.6) is 0 Å². The Labute approximate surface area is 87.0 Å². The first-order valence-electron chi connectivity index (χ1n) is 5.01. The summed E-state index contributed by atoms with van der Waals surface area (Å²) in [5.41, 5.74) is 5.70. The van der Waals surface area contributed by atoms with Gasteiger partial charge in [0.05, 0.1) is 0 Å². The van der Waals surface area contributed by atoms with Crippen LogP contribution in [0.2, 0.25) is 0 Å². The van der Waals surface area contributed by atoms with Crippen LogP contribution >= 0.6 is 0 Å². The van der Waals surface area contributed by atoms with Gasteiger partial charge in [0.1, 0.15) is 0 Å². The molecule has 0 aromatic rings. The number of likely N-dealkylation sites (tertiary alicyclic amines) is 1. The summed E-state index contributed by atoms with van der Waals surface area (Å²) in [5.74, 6) is 0.286. The van der Waals surface area contributed by atoms with E-state index in [0.29, 0.717) is 13.1 Å². The summed E-state index contributed by atoms with van der Waals surface area (Å²) >= 11 is 0. The number of piperidine rings is 1. The molecule has 0 bridgehead atoms. The molecule has 1 heterocycles. The highest BCUT2D eigenvalue weighted by atomic mass is 19.4. The highest BCUT2D eigenvalue weighted by molar-refractivity contribution is 4.81. The van der Waals surface area contributed by atoms with E-state index in [0.717, 1.165) is 6.42 Å². The number of aliphatic hydroxyl groups excluding tert-OH is 1. The van der Waals surface area contributed by atoms with E-state index in [1.165, 1.54) is 0 Å². The number of alkyl halides is 3. The molecule has 90 valence electrons. The van der Waals surface area contributed by atoms with E-state index < -0.39 is 12.3 Å². The van der Waals surface area contributed by atoms with Crippen LogP contribution in [-0.4, -0.2) is 48.0 Å². The van der Waals surface area contributed by atoms with Gasteiger partial charge in [-0.15, -0.1) is 0 Å². The Hall–Kier alpha value is -0.330. The maximum atomic E-state index is 12.1. The summed E-state index contributed by atoms with van der Waals surface area (Å²) < 4.78 is 36.3. The fourth-order valence-electron chi connectivity index (χ4n) is 2.01. The summed E-state index contributed by atoms with van der Waals surface area (Å²) in [6.07, 6.45) is -5.97. The molecule has 3 nitrogen and oxygen atoms in total. The van der Waals surface area contributed by atoms with E-state index in [9.17, 15) is 13.2 Å². The zero-order valence-corrected chi connectivity index (χ0v) is 8.67. The number of hydrogen-bond acceptors (Lipinski definition) is 3. The minimum atomic E-state index is -4.54. The highest BCUT2D eigenvalue weighted by Crippen LogP contribution is 2.22. The molecule has 0 saturated carbocycles. The van der Waals surface area contributed by atoms with Crippen LogP contribution in [0.15, 0.2) is 0 Å². The largest absolute Gasteiger partial charge is 0.415 e. The molecule has 1 aliphatic rings. The Morgan fingerprint density at radius 2 is 2.07 bits per heavy atom.